The van der Waals surface area contributed by atoms with Crippen molar-refractivity contribution in [3.05, 3.63) is 90.3 Å². The summed E-state index contributed by atoms with van der Waals surface area (Å²) in [5.41, 5.74) is 2.37. The third-order valence-electron chi connectivity index (χ3n) is 4.92. The van der Waals surface area contributed by atoms with Crippen molar-refractivity contribution >= 4 is 38.5 Å². The second-order valence-corrected chi connectivity index (χ2v) is 10.4. The molecular formula is C23H21N3O3S2. The van der Waals surface area contributed by atoms with Gasteiger partial charge >= 0.3 is 0 Å². The molecule has 2 heterocycles. The lowest BCUT2D eigenvalue weighted by Crippen LogP contribution is -2.22. The molecule has 2 aromatic heterocycles. The molecule has 0 bridgehead atoms. The van der Waals surface area contributed by atoms with Crippen LogP contribution in [0, 0.1) is 0 Å². The first-order chi connectivity index (χ1) is 14.9. The van der Waals surface area contributed by atoms with Crippen LogP contribution in [0.25, 0.3) is 10.9 Å². The Morgan fingerprint density at radius 1 is 1.00 bits per heavy atom. The van der Waals surface area contributed by atoms with E-state index in [1.54, 1.807) is 12.3 Å². The number of nitrogens with zero attached hydrogens (tertiary/aromatic N) is 2. The smallest absolute Gasteiger partial charge is 0.244 e. The highest BCUT2D eigenvalue weighted by Crippen LogP contribution is 2.38. The van der Waals surface area contributed by atoms with Gasteiger partial charge in [0.1, 0.15) is 4.90 Å². The molecule has 1 atom stereocenters. The average Bonchev–Trinajstić information content (AvgIpc) is 3.22. The number of carbonyl (C=O) groups excluding carboxylic acids is 1. The van der Waals surface area contributed by atoms with Crippen molar-refractivity contribution in [3.63, 3.8) is 0 Å². The number of ketones is 1. The highest BCUT2D eigenvalue weighted by Gasteiger charge is 2.26. The van der Waals surface area contributed by atoms with Gasteiger partial charge in [0.2, 0.25) is 10.0 Å². The topological polar surface area (TPSA) is 83.1 Å². The largest absolute Gasteiger partial charge is 0.360 e. The minimum absolute atomic E-state index is 0.0413. The molecule has 8 heteroatoms. The quantitative estimate of drug-likeness (QED) is 0.330. The van der Waals surface area contributed by atoms with Gasteiger partial charge in [0.25, 0.3) is 0 Å². The number of pyridine rings is 1. The maximum absolute atomic E-state index is 13.6. The zero-order valence-electron chi connectivity index (χ0n) is 17.0. The Morgan fingerprint density at radius 3 is 2.39 bits per heavy atom. The minimum atomic E-state index is -3.56. The van der Waals surface area contributed by atoms with Gasteiger partial charge in [-0.25, -0.2) is 17.7 Å². The summed E-state index contributed by atoms with van der Waals surface area (Å²) < 4.78 is 25.7. The van der Waals surface area contributed by atoms with Gasteiger partial charge in [0.15, 0.2) is 5.78 Å². The van der Waals surface area contributed by atoms with Crippen LogP contribution in [-0.4, -0.2) is 42.6 Å². The minimum Gasteiger partial charge on any atom is -0.360 e. The number of benzene rings is 2. The molecule has 0 amide bonds. The summed E-state index contributed by atoms with van der Waals surface area (Å²) in [5, 5.41) is 0.915. The van der Waals surface area contributed by atoms with Gasteiger partial charge in [-0.15, -0.1) is 0 Å². The predicted molar refractivity (Wildman–Crippen MR) is 123 cm³/mol. The fourth-order valence-electron chi connectivity index (χ4n) is 3.24. The van der Waals surface area contributed by atoms with E-state index in [2.05, 4.69) is 9.97 Å². The normalized spacial score (nSPS) is 12.9. The molecule has 0 aliphatic rings. The van der Waals surface area contributed by atoms with Crippen molar-refractivity contribution < 1.29 is 13.2 Å². The summed E-state index contributed by atoms with van der Waals surface area (Å²) in [7, 11) is -0.609. The van der Waals surface area contributed by atoms with Crippen LogP contribution < -0.4 is 0 Å². The van der Waals surface area contributed by atoms with Crippen LogP contribution >= 0.6 is 11.8 Å². The SMILES string of the molecule is CN(C)S(=O)(=O)c1ccc(S[C@@H](C(=O)c2c[nH]c3ccccc23)c2ccccc2)nc1. The predicted octanol–water partition coefficient (Wildman–Crippen LogP) is 4.53. The zero-order chi connectivity index (χ0) is 22.0. The molecule has 6 nitrogen and oxygen atoms in total. The number of hydrogen-bond acceptors (Lipinski definition) is 5. The molecule has 158 valence electrons. The van der Waals surface area contributed by atoms with E-state index in [0.717, 1.165) is 20.8 Å². The van der Waals surface area contributed by atoms with Gasteiger partial charge in [-0.3, -0.25) is 4.79 Å². The summed E-state index contributed by atoms with van der Waals surface area (Å²) in [4.78, 5) is 21.2. The highest BCUT2D eigenvalue weighted by molar-refractivity contribution is 8.00. The number of para-hydroxylation sites is 1. The van der Waals surface area contributed by atoms with Gasteiger partial charge in [-0.1, -0.05) is 60.3 Å². The van der Waals surface area contributed by atoms with Crippen molar-refractivity contribution in [1.29, 1.82) is 0 Å². The number of aromatic nitrogens is 2. The lowest BCUT2D eigenvalue weighted by atomic mass is 10.0. The van der Waals surface area contributed by atoms with Crippen molar-refractivity contribution in [2.45, 2.75) is 15.2 Å². The van der Waals surface area contributed by atoms with Crippen LogP contribution in [0.3, 0.4) is 0 Å². The molecule has 0 fully saturated rings. The zero-order valence-corrected chi connectivity index (χ0v) is 18.7. The number of hydrogen-bond donors (Lipinski definition) is 1. The van der Waals surface area contributed by atoms with Gasteiger partial charge in [0.05, 0.1) is 10.3 Å². The Labute approximate surface area is 185 Å². The number of aromatic amines is 1. The second-order valence-electron chi connectivity index (χ2n) is 7.14. The molecule has 4 rings (SSSR count). The second kappa shape index (κ2) is 8.66. The van der Waals surface area contributed by atoms with E-state index in [4.69, 9.17) is 0 Å². The number of Topliss-reactive ketones (excluding diaryl/α,β-unsaturated/α-hetero) is 1. The van der Waals surface area contributed by atoms with Gasteiger partial charge < -0.3 is 4.98 Å². The third kappa shape index (κ3) is 4.27. The fraction of sp³-hybridized carbons (Fsp3) is 0.130. The average molecular weight is 452 g/mol. The fourth-order valence-corrected chi connectivity index (χ4v) is 5.11. The van der Waals surface area contributed by atoms with Gasteiger partial charge in [-0.2, -0.15) is 0 Å². The Bertz CT molecular complexity index is 1320. The number of fused-ring (bicyclic) bond motifs is 1. The molecule has 4 aromatic rings. The van der Waals surface area contributed by atoms with Crippen molar-refractivity contribution in [2.24, 2.45) is 0 Å². The van der Waals surface area contributed by atoms with E-state index in [9.17, 15) is 13.2 Å². The van der Waals surface area contributed by atoms with E-state index >= 15 is 0 Å². The summed E-state index contributed by atoms with van der Waals surface area (Å²) >= 11 is 1.30. The molecule has 0 spiro atoms. The number of carbonyl (C=O) groups is 1. The maximum Gasteiger partial charge on any atom is 0.244 e. The summed E-state index contributed by atoms with van der Waals surface area (Å²) in [6.45, 7) is 0. The number of sulfonamides is 1. The van der Waals surface area contributed by atoms with Crippen LogP contribution in [0.5, 0.6) is 0 Å². The summed E-state index contributed by atoms with van der Waals surface area (Å²) in [6.07, 6.45) is 3.07. The van der Waals surface area contributed by atoms with E-state index in [1.807, 2.05) is 54.6 Å². The Balaban J connectivity index is 1.69. The molecule has 0 aliphatic carbocycles. The molecule has 2 aromatic carbocycles. The van der Waals surface area contributed by atoms with Crippen LogP contribution in [0.2, 0.25) is 0 Å². The van der Waals surface area contributed by atoms with E-state index in [0.29, 0.717) is 10.6 Å². The first kappa shape index (κ1) is 21.3. The molecule has 0 unspecified atom stereocenters. The lowest BCUT2D eigenvalue weighted by molar-refractivity contribution is 0.0991. The van der Waals surface area contributed by atoms with E-state index in [1.165, 1.54) is 38.1 Å². The summed E-state index contributed by atoms with van der Waals surface area (Å²) in [5.74, 6) is -0.0413. The number of thioether (sulfide) groups is 1. The Hall–Kier alpha value is -2.94. The summed E-state index contributed by atoms with van der Waals surface area (Å²) in [6, 6.07) is 20.4. The van der Waals surface area contributed by atoms with Crippen molar-refractivity contribution in [3.8, 4) is 0 Å². The standard InChI is InChI=1S/C23H21N3O3S2/c1-26(2)31(28,29)17-12-13-21(25-14-17)30-23(16-8-4-3-5-9-16)22(27)19-15-24-20-11-7-6-10-18(19)20/h3-15,23-24H,1-2H3/t23-/m1/s1. The Morgan fingerprint density at radius 2 is 1.71 bits per heavy atom. The van der Waals surface area contributed by atoms with Crippen LogP contribution in [0.1, 0.15) is 21.2 Å². The van der Waals surface area contributed by atoms with Gasteiger partial charge in [-0.05, 0) is 23.8 Å². The molecule has 31 heavy (non-hydrogen) atoms. The molecule has 0 saturated carbocycles. The van der Waals surface area contributed by atoms with Crippen LogP contribution in [0.4, 0.5) is 0 Å². The molecule has 0 radical (unpaired) electrons. The van der Waals surface area contributed by atoms with Gasteiger partial charge in [0, 0.05) is 43.0 Å². The molecule has 0 aliphatic heterocycles. The molecular weight excluding hydrogens is 430 g/mol. The molecule has 0 saturated heterocycles. The van der Waals surface area contributed by atoms with Crippen molar-refractivity contribution in [2.75, 3.05) is 14.1 Å². The van der Waals surface area contributed by atoms with E-state index in [-0.39, 0.29) is 10.7 Å². The lowest BCUT2D eigenvalue weighted by Gasteiger charge is -2.16. The van der Waals surface area contributed by atoms with E-state index < -0.39 is 15.3 Å². The first-order valence-electron chi connectivity index (χ1n) is 9.58. The third-order valence-corrected chi connectivity index (χ3v) is 7.93. The number of nitrogens with one attached hydrogen (secondary N) is 1. The molecule has 1 N–H and O–H groups in total. The highest BCUT2D eigenvalue weighted by atomic mass is 32.2. The monoisotopic (exact) mass is 451 g/mol. The van der Waals surface area contributed by atoms with Crippen LogP contribution in [-0.2, 0) is 10.0 Å². The first-order valence-corrected chi connectivity index (χ1v) is 11.9. The number of H-pyrrole nitrogens is 1. The maximum atomic E-state index is 13.6. The number of rotatable bonds is 7. The Kier molecular flexibility index (Phi) is 5.95. The van der Waals surface area contributed by atoms with Crippen molar-refractivity contribution in [1.82, 2.24) is 14.3 Å². The van der Waals surface area contributed by atoms with Crippen LogP contribution in [0.15, 0.2) is 89.0 Å².